The zero-order valence-electron chi connectivity index (χ0n) is 7.10. The Morgan fingerprint density at radius 2 is 2.31 bits per heavy atom. The number of hydrogen-bond donors (Lipinski definition) is 0. The van der Waals surface area contributed by atoms with Gasteiger partial charge in [-0.15, -0.1) is 0 Å². The zero-order valence-corrected chi connectivity index (χ0v) is 7.10. The lowest BCUT2D eigenvalue weighted by molar-refractivity contribution is 0.414. The van der Waals surface area contributed by atoms with E-state index in [9.17, 15) is 0 Å². The van der Waals surface area contributed by atoms with Crippen LogP contribution in [0.1, 0.15) is 0 Å². The Hall–Kier alpha value is -1.84. The first-order valence-electron chi connectivity index (χ1n) is 3.81. The molecule has 1 aromatic carbocycles. The monoisotopic (exact) mass is 176 g/mol. The van der Waals surface area contributed by atoms with Crippen molar-refractivity contribution in [3.63, 3.8) is 0 Å². The molecule has 0 atom stereocenters. The minimum Gasteiger partial charge on any atom is -0.497 e. The van der Waals surface area contributed by atoms with E-state index in [1.807, 2.05) is 24.3 Å². The number of nitrogens with zero attached hydrogens (tertiary/aromatic N) is 2. The van der Waals surface area contributed by atoms with Crippen molar-refractivity contribution in [2.45, 2.75) is 0 Å². The van der Waals surface area contributed by atoms with Crippen molar-refractivity contribution in [1.82, 2.24) is 10.1 Å². The lowest BCUT2D eigenvalue weighted by Gasteiger charge is -1.99. The van der Waals surface area contributed by atoms with Gasteiger partial charge in [0.15, 0.2) is 0 Å². The molecule has 0 radical (unpaired) electrons. The predicted octanol–water partition coefficient (Wildman–Crippen LogP) is 1.75. The fourth-order valence-corrected chi connectivity index (χ4v) is 1.06. The smallest absolute Gasteiger partial charge is 0.214 e. The highest BCUT2D eigenvalue weighted by molar-refractivity contribution is 5.56. The lowest BCUT2D eigenvalue weighted by Crippen LogP contribution is -1.84. The van der Waals surface area contributed by atoms with Gasteiger partial charge in [-0.2, -0.15) is 4.98 Å². The van der Waals surface area contributed by atoms with Gasteiger partial charge in [-0.1, -0.05) is 17.3 Å². The first kappa shape index (κ1) is 7.79. The van der Waals surface area contributed by atoms with E-state index in [0.29, 0.717) is 5.82 Å². The second kappa shape index (κ2) is 3.26. The molecule has 0 bridgehead atoms. The Labute approximate surface area is 75.2 Å². The van der Waals surface area contributed by atoms with Gasteiger partial charge in [-0.25, -0.2) is 0 Å². The number of benzene rings is 1. The minimum atomic E-state index is 0.568. The molecule has 1 aromatic heterocycles. The van der Waals surface area contributed by atoms with Gasteiger partial charge < -0.3 is 9.26 Å². The molecule has 4 nitrogen and oxygen atoms in total. The summed E-state index contributed by atoms with van der Waals surface area (Å²) in [4.78, 5) is 3.93. The number of rotatable bonds is 2. The van der Waals surface area contributed by atoms with Crippen LogP contribution in [-0.4, -0.2) is 17.3 Å². The fraction of sp³-hybridized carbons (Fsp3) is 0.111. The summed E-state index contributed by atoms with van der Waals surface area (Å²) >= 11 is 0. The summed E-state index contributed by atoms with van der Waals surface area (Å²) in [5.74, 6) is 1.35. The minimum absolute atomic E-state index is 0.568. The van der Waals surface area contributed by atoms with Crippen molar-refractivity contribution >= 4 is 0 Å². The van der Waals surface area contributed by atoms with Crippen LogP contribution in [0.2, 0.25) is 0 Å². The van der Waals surface area contributed by atoms with Crippen LogP contribution in [0.25, 0.3) is 11.4 Å². The van der Waals surface area contributed by atoms with E-state index in [2.05, 4.69) is 14.7 Å². The van der Waals surface area contributed by atoms with Crippen molar-refractivity contribution in [1.29, 1.82) is 0 Å². The molecule has 1 heterocycles. The molecule has 0 unspecified atom stereocenters. The molecule has 2 rings (SSSR count). The Bertz CT molecular complexity index is 384. The van der Waals surface area contributed by atoms with Crippen LogP contribution < -0.4 is 4.74 Å². The van der Waals surface area contributed by atoms with Crippen LogP contribution in [-0.2, 0) is 0 Å². The van der Waals surface area contributed by atoms with E-state index >= 15 is 0 Å². The molecule has 13 heavy (non-hydrogen) atoms. The van der Waals surface area contributed by atoms with Gasteiger partial charge in [0.25, 0.3) is 0 Å². The van der Waals surface area contributed by atoms with Gasteiger partial charge in [0, 0.05) is 5.56 Å². The van der Waals surface area contributed by atoms with E-state index in [1.54, 1.807) is 7.11 Å². The lowest BCUT2D eigenvalue weighted by atomic mass is 10.2. The second-order valence-electron chi connectivity index (χ2n) is 2.49. The van der Waals surface area contributed by atoms with Crippen molar-refractivity contribution in [2.24, 2.45) is 0 Å². The molecule has 0 aliphatic carbocycles. The van der Waals surface area contributed by atoms with Crippen LogP contribution in [0.4, 0.5) is 0 Å². The second-order valence-corrected chi connectivity index (χ2v) is 2.49. The number of methoxy groups -OCH3 is 1. The molecule has 0 saturated heterocycles. The molecule has 0 saturated carbocycles. The van der Waals surface area contributed by atoms with Gasteiger partial charge in [0.2, 0.25) is 12.2 Å². The highest BCUT2D eigenvalue weighted by Gasteiger charge is 2.02. The summed E-state index contributed by atoms with van der Waals surface area (Å²) in [6, 6.07) is 7.49. The van der Waals surface area contributed by atoms with Crippen molar-refractivity contribution in [3.8, 4) is 17.1 Å². The van der Waals surface area contributed by atoms with E-state index in [1.165, 1.54) is 6.39 Å². The SMILES string of the molecule is COc1cccc(-c2ncon2)c1. The first-order valence-corrected chi connectivity index (χ1v) is 3.81. The Morgan fingerprint density at radius 3 is 3.00 bits per heavy atom. The summed E-state index contributed by atoms with van der Waals surface area (Å²) in [5, 5.41) is 3.72. The predicted molar refractivity (Wildman–Crippen MR) is 46.3 cm³/mol. The van der Waals surface area contributed by atoms with E-state index < -0.39 is 0 Å². The third kappa shape index (κ3) is 1.51. The van der Waals surface area contributed by atoms with Gasteiger partial charge in [0.1, 0.15) is 5.75 Å². The average molecular weight is 176 g/mol. The first-order chi connectivity index (χ1) is 6.40. The Kier molecular flexibility index (Phi) is 1.96. The maximum Gasteiger partial charge on any atom is 0.214 e. The maximum atomic E-state index is 5.07. The van der Waals surface area contributed by atoms with Crippen molar-refractivity contribution in [3.05, 3.63) is 30.7 Å². The molecule has 0 aliphatic rings. The van der Waals surface area contributed by atoms with Crippen molar-refractivity contribution in [2.75, 3.05) is 7.11 Å². The molecule has 0 amide bonds. The van der Waals surface area contributed by atoms with E-state index in [4.69, 9.17) is 4.74 Å². The topological polar surface area (TPSA) is 48.2 Å². The number of aromatic nitrogens is 2. The summed E-state index contributed by atoms with van der Waals surface area (Å²) in [6.07, 6.45) is 1.30. The van der Waals surface area contributed by atoms with E-state index in [0.717, 1.165) is 11.3 Å². The molecule has 0 spiro atoms. The zero-order chi connectivity index (χ0) is 9.10. The van der Waals surface area contributed by atoms with E-state index in [-0.39, 0.29) is 0 Å². The average Bonchev–Trinajstić information content (AvgIpc) is 2.71. The van der Waals surface area contributed by atoms with Gasteiger partial charge in [-0.05, 0) is 12.1 Å². The largest absolute Gasteiger partial charge is 0.497 e. The Morgan fingerprint density at radius 1 is 1.38 bits per heavy atom. The standard InChI is InChI=1S/C9H8N2O2/c1-12-8-4-2-3-7(5-8)9-10-6-13-11-9/h2-6H,1H3. The molecule has 2 aromatic rings. The van der Waals surface area contributed by atoms with Crippen LogP contribution in [0, 0.1) is 0 Å². The fourth-order valence-electron chi connectivity index (χ4n) is 1.06. The van der Waals surface area contributed by atoms with Crippen LogP contribution in [0.15, 0.2) is 35.2 Å². The molecule has 4 heteroatoms. The summed E-state index contributed by atoms with van der Waals surface area (Å²) in [6.45, 7) is 0. The highest BCUT2D eigenvalue weighted by Crippen LogP contribution is 2.19. The summed E-state index contributed by atoms with van der Waals surface area (Å²) < 4.78 is 9.71. The third-order valence-electron chi connectivity index (χ3n) is 1.69. The normalized spacial score (nSPS) is 9.92. The molecule has 0 aliphatic heterocycles. The van der Waals surface area contributed by atoms with Gasteiger partial charge in [-0.3, -0.25) is 0 Å². The van der Waals surface area contributed by atoms with Crippen LogP contribution in [0.3, 0.4) is 0 Å². The Balaban J connectivity index is 2.41. The number of hydrogen-bond acceptors (Lipinski definition) is 4. The molecule has 66 valence electrons. The molecule has 0 N–H and O–H groups in total. The number of ether oxygens (including phenoxy) is 1. The van der Waals surface area contributed by atoms with Crippen LogP contribution in [0.5, 0.6) is 5.75 Å². The van der Waals surface area contributed by atoms with Crippen molar-refractivity contribution < 1.29 is 9.26 Å². The van der Waals surface area contributed by atoms with Crippen LogP contribution >= 0.6 is 0 Å². The summed E-state index contributed by atoms with van der Waals surface area (Å²) in [5.41, 5.74) is 0.883. The molecule has 0 fully saturated rings. The third-order valence-corrected chi connectivity index (χ3v) is 1.69. The molecular formula is C9H8N2O2. The highest BCUT2D eigenvalue weighted by atomic mass is 16.5. The quantitative estimate of drug-likeness (QED) is 0.699. The molecular weight excluding hydrogens is 168 g/mol. The van der Waals surface area contributed by atoms with Gasteiger partial charge >= 0.3 is 0 Å². The van der Waals surface area contributed by atoms with Gasteiger partial charge in [0.05, 0.1) is 7.11 Å². The maximum absolute atomic E-state index is 5.07. The summed E-state index contributed by atoms with van der Waals surface area (Å²) in [7, 11) is 1.62.